The summed E-state index contributed by atoms with van der Waals surface area (Å²) in [7, 11) is 0. The first-order valence-corrected chi connectivity index (χ1v) is 7.74. The fourth-order valence-corrected chi connectivity index (χ4v) is 2.83. The lowest BCUT2D eigenvalue weighted by atomic mass is 10.2. The Morgan fingerprint density at radius 2 is 2.11 bits per heavy atom. The van der Waals surface area contributed by atoms with E-state index in [1.165, 1.54) is 23.5 Å². The number of thioether (sulfide) groups is 1. The molecule has 0 aliphatic carbocycles. The van der Waals surface area contributed by atoms with Crippen molar-refractivity contribution in [1.29, 1.82) is 0 Å². The fraction of sp³-hybridized carbons (Fsp3) is 0.250. The van der Waals surface area contributed by atoms with Gasteiger partial charge in [0, 0.05) is 12.3 Å². The molecule has 1 aromatic heterocycles. The van der Waals surface area contributed by atoms with Crippen molar-refractivity contribution in [2.24, 2.45) is 0 Å². The number of hydrogen-bond acceptors (Lipinski definition) is 5. The third kappa shape index (κ3) is 4.00. The zero-order valence-corrected chi connectivity index (χ0v) is 11.9. The standard InChI is InChI=1S/C12H12FN3OS2/c1-18-7-10-15-16-12(19-10)11(17)14-6-8-2-4-9(13)5-3-8/h2-5H,6-7H2,1H3,(H,14,17). The van der Waals surface area contributed by atoms with Gasteiger partial charge in [-0.3, -0.25) is 4.79 Å². The molecule has 0 radical (unpaired) electrons. The van der Waals surface area contributed by atoms with Crippen LogP contribution in [0.3, 0.4) is 0 Å². The van der Waals surface area contributed by atoms with E-state index >= 15 is 0 Å². The molecule has 0 atom stereocenters. The van der Waals surface area contributed by atoms with Crippen LogP contribution in [0.4, 0.5) is 4.39 Å². The van der Waals surface area contributed by atoms with Gasteiger partial charge in [0.2, 0.25) is 5.01 Å². The molecule has 1 N–H and O–H groups in total. The Morgan fingerprint density at radius 3 is 2.79 bits per heavy atom. The van der Waals surface area contributed by atoms with E-state index in [9.17, 15) is 9.18 Å². The van der Waals surface area contributed by atoms with Crippen LogP contribution >= 0.6 is 23.1 Å². The third-order valence-corrected chi connectivity index (χ3v) is 3.96. The minimum Gasteiger partial charge on any atom is -0.346 e. The van der Waals surface area contributed by atoms with Crippen LogP contribution in [0.5, 0.6) is 0 Å². The van der Waals surface area contributed by atoms with E-state index in [1.54, 1.807) is 23.9 Å². The second kappa shape index (κ2) is 6.63. The summed E-state index contributed by atoms with van der Waals surface area (Å²) in [5, 5.41) is 11.7. The van der Waals surface area contributed by atoms with Crippen molar-refractivity contribution >= 4 is 29.0 Å². The van der Waals surface area contributed by atoms with Crippen LogP contribution in [-0.2, 0) is 12.3 Å². The molecule has 0 saturated carbocycles. The van der Waals surface area contributed by atoms with E-state index in [4.69, 9.17) is 0 Å². The number of nitrogens with zero attached hydrogens (tertiary/aromatic N) is 2. The largest absolute Gasteiger partial charge is 0.346 e. The highest BCUT2D eigenvalue weighted by Crippen LogP contribution is 2.14. The van der Waals surface area contributed by atoms with Crippen LogP contribution in [0.2, 0.25) is 0 Å². The van der Waals surface area contributed by atoms with Crippen LogP contribution in [0.25, 0.3) is 0 Å². The minimum atomic E-state index is -0.291. The smallest absolute Gasteiger partial charge is 0.282 e. The van der Waals surface area contributed by atoms with Gasteiger partial charge in [0.15, 0.2) is 0 Å². The summed E-state index contributed by atoms with van der Waals surface area (Å²) in [5.74, 6) is 0.207. The summed E-state index contributed by atoms with van der Waals surface area (Å²) in [4.78, 5) is 11.8. The van der Waals surface area contributed by atoms with Crippen LogP contribution < -0.4 is 5.32 Å². The SMILES string of the molecule is CSCc1nnc(C(=O)NCc2ccc(F)cc2)s1. The van der Waals surface area contributed by atoms with Gasteiger partial charge in [-0.15, -0.1) is 10.2 Å². The van der Waals surface area contributed by atoms with Gasteiger partial charge in [0.05, 0.1) is 0 Å². The molecule has 7 heteroatoms. The Hall–Kier alpha value is -1.47. The van der Waals surface area contributed by atoms with Crippen molar-refractivity contribution in [2.45, 2.75) is 12.3 Å². The lowest BCUT2D eigenvalue weighted by Gasteiger charge is -2.02. The highest BCUT2D eigenvalue weighted by Gasteiger charge is 2.12. The molecule has 100 valence electrons. The topological polar surface area (TPSA) is 54.9 Å². The normalized spacial score (nSPS) is 10.4. The van der Waals surface area contributed by atoms with Crippen molar-refractivity contribution in [3.63, 3.8) is 0 Å². The Kier molecular flexibility index (Phi) is 4.86. The molecule has 2 aromatic rings. The van der Waals surface area contributed by atoms with Crippen LogP contribution in [-0.4, -0.2) is 22.4 Å². The summed E-state index contributed by atoms with van der Waals surface area (Å²) in [6.45, 7) is 0.344. The van der Waals surface area contributed by atoms with Gasteiger partial charge in [0.25, 0.3) is 5.91 Å². The van der Waals surface area contributed by atoms with E-state index < -0.39 is 0 Å². The van der Waals surface area contributed by atoms with E-state index in [0.29, 0.717) is 11.6 Å². The van der Waals surface area contributed by atoms with Gasteiger partial charge in [-0.05, 0) is 24.0 Å². The summed E-state index contributed by atoms with van der Waals surface area (Å²) in [6, 6.07) is 6.00. The van der Waals surface area contributed by atoms with Crippen LogP contribution in [0.15, 0.2) is 24.3 Å². The van der Waals surface area contributed by atoms with Crippen molar-refractivity contribution in [3.8, 4) is 0 Å². The Bertz CT molecular complexity index is 556. The molecule has 1 amide bonds. The lowest BCUT2D eigenvalue weighted by molar-refractivity contribution is 0.0950. The number of benzene rings is 1. The Balaban J connectivity index is 1.91. The second-order valence-electron chi connectivity index (χ2n) is 3.74. The average Bonchev–Trinajstić information content (AvgIpc) is 2.87. The van der Waals surface area contributed by atoms with Gasteiger partial charge >= 0.3 is 0 Å². The number of halogens is 1. The number of amides is 1. The van der Waals surface area contributed by atoms with Crippen LogP contribution in [0.1, 0.15) is 20.4 Å². The van der Waals surface area contributed by atoms with Gasteiger partial charge in [-0.1, -0.05) is 23.5 Å². The molecule has 0 aliphatic heterocycles. The minimum absolute atomic E-state index is 0.255. The van der Waals surface area contributed by atoms with Gasteiger partial charge < -0.3 is 5.32 Å². The molecular formula is C12H12FN3OS2. The molecule has 0 saturated heterocycles. The summed E-state index contributed by atoms with van der Waals surface area (Å²) >= 11 is 2.92. The summed E-state index contributed by atoms with van der Waals surface area (Å²) in [6.07, 6.45) is 1.97. The van der Waals surface area contributed by atoms with Gasteiger partial charge in [0.1, 0.15) is 10.8 Å². The van der Waals surface area contributed by atoms with E-state index in [-0.39, 0.29) is 11.7 Å². The summed E-state index contributed by atoms with van der Waals surface area (Å²) < 4.78 is 12.7. The number of aromatic nitrogens is 2. The van der Waals surface area contributed by atoms with Gasteiger partial charge in [-0.25, -0.2) is 4.39 Å². The average molecular weight is 297 g/mol. The van der Waals surface area contributed by atoms with Gasteiger partial charge in [-0.2, -0.15) is 11.8 Å². The molecule has 2 rings (SSSR count). The molecule has 0 unspecified atom stereocenters. The summed E-state index contributed by atoms with van der Waals surface area (Å²) in [5.41, 5.74) is 0.837. The number of hydrogen-bond donors (Lipinski definition) is 1. The number of rotatable bonds is 5. The molecule has 0 spiro atoms. The lowest BCUT2D eigenvalue weighted by Crippen LogP contribution is -2.22. The van der Waals surface area contributed by atoms with Crippen molar-refractivity contribution in [1.82, 2.24) is 15.5 Å². The molecule has 0 aliphatic rings. The molecule has 19 heavy (non-hydrogen) atoms. The molecule has 0 fully saturated rings. The Morgan fingerprint density at radius 1 is 1.37 bits per heavy atom. The number of carbonyl (C=O) groups is 1. The van der Waals surface area contributed by atoms with E-state index in [0.717, 1.165) is 16.3 Å². The fourth-order valence-electron chi connectivity index (χ4n) is 1.39. The second-order valence-corrected chi connectivity index (χ2v) is 5.67. The predicted molar refractivity (Wildman–Crippen MR) is 74.7 cm³/mol. The Labute approximate surface area is 118 Å². The zero-order chi connectivity index (χ0) is 13.7. The first kappa shape index (κ1) is 14.0. The quantitative estimate of drug-likeness (QED) is 0.921. The van der Waals surface area contributed by atoms with Crippen molar-refractivity contribution < 1.29 is 9.18 Å². The number of nitrogens with one attached hydrogen (secondary N) is 1. The maximum absolute atomic E-state index is 12.7. The third-order valence-electron chi connectivity index (χ3n) is 2.30. The highest BCUT2D eigenvalue weighted by atomic mass is 32.2. The number of carbonyl (C=O) groups excluding carboxylic acids is 1. The van der Waals surface area contributed by atoms with Crippen molar-refractivity contribution in [2.75, 3.05) is 6.26 Å². The molecule has 1 aromatic carbocycles. The molecule has 0 bridgehead atoms. The molecular weight excluding hydrogens is 285 g/mol. The molecule has 4 nitrogen and oxygen atoms in total. The molecule has 1 heterocycles. The van der Waals surface area contributed by atoms with E-state index in [1.807, 2.05) is 6.26 Å². The van der Waals surface area contributed by atoms with Crippen LogP contribution in [0, 0.1) is 5.82 Å². The van der Waals surface area contributed by atoms with Crippen molar-refractivity contribution in [3.05, 3.63) is 45.7 Å². The van der Waals surface area contributed by atoms with E-state index in [2.05, 4.69) is 15.5 Å². The maximum Gasteiger partial charge on any atom is 0.282 e. The predicted octanol–water partition coefficient (Wildman–Crippen LogP) is 2.47. The first-order chi connectivity index (χ1) is 9.19. The zero-order valence-electron chi connectivity index (χ0n) is 10.2. The monoisotopic (exact) mass is 297 g/mol. The maximum atomic E-state index is 12.7. The highest BCUT2D eigenvalue weighted by molar-refractivity contribution is 7.97. The first-order valence-electron chi connectivity index (χ1n) is 5.53.